The molecule has 25 heavy (non-hydrogen) atoms. The molecule has 5 N–H and O–H groups in total. The van der Waals surface area contributed by atoms with Crippen molar-refractivity contribution in [3.63, 3.8) is 0 Å². The highest BCUT2D eigenvalue weighted by Gasteiger charge is 2.15. The number of amides is 2. The number of aliphatic carboxylic acids is 1. The Morgan fingerprint density at radius 1 is 1.20 bits per heavy atom. The van der Waals surface area contributed by atoms with Crippen LogP contribution in [-0.4, -0.2) is 35.1 Å². The lowest BCUT2D eigenvalue weighted by Crippen LogP contribution is -2.36. The third kappa shape index (κ3) is 8.31. The van der Waals surface area contributed by atoms with Gasteiger partial charge in [-0.2, -0.15) is 5.10 Å². The Balaban J connectivity index is 2.42. The van der Waals surface area contributed by atoms with E-state index in [1.165, 1.54) is 6.21 Å². The van der Waals surface area contributed by atoms with Crippen molar-refractivity contribution >= 4 is 29.7 Å². The predicted octanol–water partition coefficient (Wildman–Crippen LogP) is 1.23. The molecule has 0 aliphatic rings. The smallest absolute Gasteiger partial charge is 0.305 e. The highest BCUT2D eigenvalue weighted by atomic mass is 16.4. The third-order valence-electron chi connectivity index (χ3n) is 3.23. The summed E-state index contributed by atoms with van der Waals surface area (Å²) in [7, 11) is 0. The quantitative estimate of drug-likeness (QED) is 0.219. The Morgan fingerprint density at radius 3 is 2.40 bits per heavy atom. The Hall–Kier alpha value is -3.16. The molecule has 0 bridgehead atoms. The number of nitrogens with one attached hydrogen (secondary N) is 2. The zero-order valence-corrected chi connectivity index (χ0v) is 13.8. The molecule has 0 aliphatic carbocycles. The Bertz CT molecular complexity index is 641. The number of carboxylic acids is 1. The number of carbonyl (C=O) groups excluding carboxylic acids is 2. The summed E-state index contributed by atoms with van der Waals surface area (Å²) in [5, 5.41) is 17.5. The van der Waals surface area contributed by atoms with Gasteiger partial charge in [0.25, 0.3) is 0 Å². The fourth-order valence-corrected chi connectivity index (χ4v) is 2.09. The van der Waals surface area contributed by atoms with E-state index in [0.29, 0.717) is 12.1 Å². The molecule has 0 aliphatic heterocycles. The molecule has 8 heteroatoms. The number of anilines is 1. The number of nitrogens with zero attached hydrogens (tertiary/aromatic N) is 1. The van der Waals surface area contributed by atoms with Gasteiger partial charge in [0.05, 0.1) is 12.6 Å². The number of hydrazone groups is 1. The minimum Gasteiger partial charge on any atom is -0.481 e. The molecule has 2 amide bonds. The van der Waals surface area contributed by atoms with Crippen LogP contribution in [0.1, 0.15) is 31.2 Å². The van der Waals surface area contributed by atoms with Crippen molar-refractivity contribution in [2.24, 2.45) is 10.9 Å². The van der Waals surface area contributed by atoms with E-state index in [0.717, 1.165) is 5.56 Å². The first-order valence-corrected chi connectivity index (χ1v) is 7.69. The minimum absolute atomic E-state index is 0.00821. The van der Waals surface area contributed by atoms with Gasteiger partial charge in [0.2, 0.25) is 11.8 Å². The lowest BCUT2D eigenvalue weighted by atomic mass is 10.1. The summed E-state index contributed by atoms with van der Waals surface area (Å²) in [6.45, 7) is 3.53. The Labute approximate surface area is 145 Å². The summed E-state index contributed by atoms with van der Waals surface area (Å²) >= 11 is 0. The molecule has 1 aromatic rings. The minimum atomic E-state index is -1.01. The molecule has 0 spiro atoms. The summed E-state index contributed by atoms with van der Waals surface area (Å²) in [5.41, 5.74) is 1.39. The second-order valence-corrected chi connectivity index (χ2v) is 5.34. The average molecular weight is 346 g/mol. The summed E-state index contributed by atoms with van der Waals surface area (Å²) in [6.07, 6.45) is 3.14. The SMILES string of the molecule is C=CCC(CC(=O)O)NC(=O)CCC(=O)Nc1ccc(C=NN)cc1. The molecule has 1 unspecified atom stereocenters. The van der Waals surface area contributed by atoms with Crippen molar-refractivity contribution in [2.45, 2.75) is 31.7 Å². The lowest BCUT2D eigenvalue weighted by Gasteiger charge is -2.15. The first kappa shape index (κ1) is 19.9. The molecule has 134 valence electrons. The fraction of sp³-hybridized carbons (Fsp3) is 0.294. The molecule has 0 saturated carbocycles. The highest BCUT2D eigenvalue weighted by Crippen LogP contribution is 2.09. The number of carboxylic acid groups (broad SMARTS) is 1. The van der Waals surface area contributed by atoms with Crippen LogP contribution in [0.3, 0.4) is 0 Å². The van der Waals surface area contributed by atoms with Gasteiger partial charge in [-0.05, 0) is 24.1 Å². The van der Waals surface area contributed by atoms with Gasteiger partial charge in [-0.3, -0.25) is 14.4 Å². The number of rotatable bonds is 10. The maximum atomic E-state index is 11.9. The van der Waals surface area contributed by atoms with E-state index in [-0.39, 0.29) is 31.1 Å². The Kier molecular flexibility index (Phi) is 8.42. The van der Waals surface area contributed by atoms with Crippen LogP contribution >= 0.6 is 0 Å². The summed E-state index contributed by atoms with van der Waals surface area (Å²) in [4.78, 5) is 34.4. The van der Waals surface area contributed by atoms with Crippen LogP contribution in [0.15, 0.2) is 42.0 Å². The number of benzene rings is 1. The van der Waals surface area contributed by atoms with E-state index >= 15 is 0 Å². The predicted molar refractivity (Wildman–Crippen MR) is 95.1 cm³/mol. The molecule has 0 radical (unpaired) electrons. The number of nitrogens with two attached hydrogens (primary N) is 1. The zero-order valence-electron chi connectivity index (χ0n) is 13.8. The van der Waals surface area contributed by atoms with E-state index in [9.17, 15) is 14.4 Å². The second kappa shape index (κ2) is 10.6. The third-order valence-corrected chi connectivity index (χ3v) is 3.23. The van der Waals surface area contributed by atoms with Crippen molar-refractivity contribution < 1.29 is 19.5 Å². The lowest BCUT2D eigenvalue weighted by molar-refractivity contribution is -0.137. The molecular weight excluding hydrogens is 324 g/mol. The van der Waals surface area contributed by atoms with Crippen LogP contribution in [0.2, 0.25) is 0 Å². The molecule has 1 aromatic carbocycles. The molecular formula is C17H22N4O4. The normalized spacial score (nSPS) is 11.7. The molecule has 0 saturated heterocycles. The first-order valence-electron chi connectivity index (χ1n) is 7.69. The van der Waals surface area contributed by atoms with Gasteiger partial charge in [-0.25, -0.2) is 0 Å². The average Bonchev–Trinajstić information content (AvgIpc) is 2.55. The van der Waals surface area contributed by atoms with Crippen LogP contribution in [0.5, 0.6) is 0 Å². The van der Waals surface area contributed by atoms with Crippen molar-refractivity contribution in [2.75, 3.05) is 5.32 Å². The van der Waals surface area contributed by atoms with Crippen molar-refractivity contribution in [1.29, 1.82) is 0 Å². The zero-order chi connectivity index (χ0) is 18.7. The Morgan fingerprint density at radius 2 is 1.84 bits per heavy atom. The van der Waals surface area contributed by atoms with Gasteiger partial charge < -0.3 is 21.6 Å². The van der Waals surface area contributed by atoms with Crippen LogP contribution < -0.4 is 16.5 Å². The molecule has 0 aromatic heterocycles. The van der Waals surface area contributed by atoms with Gasteiger partial charge in [-0.1, -0.05) is 18.2 Å². The van der Waals surface area contributed by atoms with Crippen molar-refractivity contribution in [1.82, 2.24) is 5.32 Å². The molecule has 1 rings (SSSR count). The fourth-order valence-electron chi connectivity index (χ4n) is 2.09. The number of carbonyl (C=O) groups is 3. The topological polar surface area (TPSA) is 134 Å². The number of hydrogen-bond acceptors (Lipinski definition) is 5. The molecule has 0 heterocycles. The van der Waals surface area contributed by atoms with Gasteiger partial charge in [0, 0.05) is 24.6 Å². The molecule has 1 atom stereocenters. The van der Waals surface area contributed by atoms with E-state index in [1.54, 1.807) is 30.3 Å². The van der Waals surface area contributed by atoms with E-state index < -0.39 is 12.0 Å². The maximum absolute atomic E-state index is 11.9. The van der Waals surface area contributed by atoms with Gasteiger partial charge >= 0.3 is 5.97 Å². The monoisotopic (exact) mass is 346 g/mol. The summed E-state index contributed by atoms with van der Waals surface area (Å²) < 4.78 is 0. The van der Waals surface area contributed by atoms with Gasteiger partial charge in [0.15, 0.2) is 0 Å². The standard InChI is InChI=1S/C17H22N4O4/c1-2-3-14(10-17(24)25)21-16(23)9-8-15(22)20-13-6-4-12(5-7-13)11-19-18/h2,4-7,11,14H,1,3,8-10,18H2,(H,20,22)(H,21,23)(H,24,25). The highest BCUT2D eigenvalue weighted by molar-refractivity contribution is 5.93. The van der Waals surface area contributed by atoms with Crippen LogP contribution in [-0.2, 0) is 14.4 Å². The number of hydrogen-bond donors (Lipinski definition) is 4. The first-order chi connectivity index (χ1) is 11.9. The van der Waals surface area contributed by atoms with E-state index in [1.807, 2.05) is 0 Å². The van der Waals surface area contributed by atoms with Gasteiger partial charge in [-0.15, -0.1) is 6.58 Å². The largest absolute Gasteiger partial charge is 0.481 e. The second-order valence-electron chi connectivity index (χ2n) is 5.34. The summed E-state index contributed by atoms with van der Waals surface area (Å²) in [6, 6.07) is 6.35. The summed E-state index contributed by atoms with van der Waals surface area (Å²) in [5.74, 6) is 3.36. The van der Waals surface area contributed by atoms with Crippen LogP contribution in [0.25, 0.3) is 0 Å². The van der Waals surface area contributed by atoms with Crippen molar-refractivity contribution in [3.05, 3.63) is 42.5 Å². The molecule has 0 fully saturated rings. The van der Waals surface area contributed by atoms with E-state index in [2.05, 4.69) is 22.3 Å². The van der Waals surface area contributed by atoms with E-state index in [4.69, 9.17) is 10.9 Å². The van der Waals surface area contributed by atoms with Crippen LogP contribution in [0, 0.1) is 0 Å². The van der Waals surface area contributed by atoms with Crippen molar-refractivity contribution in [3.8, 4) is 0 Å². The van der Waals surface area contributed by atoms with Crippen LogP contribution in [0.4, 0.5) is 5.69 Å². The van der Waals surface area contributed by atoms with Gasteiger partial charge in [0.1, 0.15) is 0 Å². The maximum Gasteiger partial charge on any atom is 0.305 e. The molecule has 8 nitrogen and oxygen atoms in total.